The van der Waals surface area contributed by atoms with Gasteiger partial charge >= 0.3 is 0 Å². The second-order valence-electron chi connectivity index (χ2n) is 9.86. The Morgan fingerprint density at radius 3 is 2.68 bits per heavy atom. The third-order valence-corrected chi connectivity index (χ3v) is 7.81. The lowest BCUT2D eigenvalue weighted by atomic mass is 9.73. The van der Waals surface area contributed by atoms with Crippen LogP contribution >= 0.6 is 23.2 Å². The van der Waals surface area contributed by atoms with Gasteiger partial charge in [-0.25, -0.2) is 18.7 Å². The van der Waals surface area contributed by atoms with E-state index in [4.69, 9.17) is 33.7 Å². The second-order valence-corrected chi connectivity index (χ2v) is 10.7. The molecule has 1 aromatic carbocycles. The third-order valence-electron chi connectivity index (χ3n) is 7.30. The summed E-state index contributed by atoms with van der Waals surface area (Å²) < 4.78 is 36.2. The quantitative estimate of drug-likeness (QED) is 0.385. The van der Waals surface area contributed by atoms with Crippen molar-refractivity contribution in [2.45, 2.75) is 57.3 Å². The van der Waals surface area contributed by atoms with Gasteiger partial charge in [0.05, 0.1) is 29.6 Å². The van der Waals surface area contributed by atoms with Gasteiger partial charge < -0.3 is 21.1 Å². The molecule has 2 atom stereocenters. The average molecular weight is 554 g/mol. The highest BCUT2D eigenvalue weighted by Gasteiger charge is 2.38. The van der Waals surface area contributed by atoms with Gasteiger partial charge in [-0.15, -0.1) is 0 Å². The van der Waals surface area contributed by atoms with Crippen LogP contribution < -0.4 is 16.4 Å². The zero-order chi connectivity index (χ0) is 26.3. The van der Waals surface area contributed by atoms with Crippen molar-refractivity contribution >= 4 is 57.9 Å². The van der Waals surface area contributed by atoms with Gasteiger partial charge in [0.2, 0.25) is 17.8 Å². The van der Waals surface area contributed by atoms with Crippen molar-refractivity contribution in [2.24, 2.45) is 11.1 Å². The summed E-state index contributed by atoms with van der Waals surface area (Å²) in [6, 6.07) is 2.00. The highest BCUT2D eigenvalue weighted by atomic mass is 35.5. The number of ether oxygens (including phenoxy) is 1. The molecule has 1 aliphatic heterocycles. The minimum Gasteiger partial charge on any atom is -0.378 e. The fourth-order valence-corrected chi connectivity index (χ4v) is 5.46. The number of anilines is 3. The molecule has 2 fully saturated rings. The van der Waals surface area contributed by atoms with Crippen LogP contribution in [0.1, 0.15) is 45.1 Å². The fraction of sp³-hybridized carbons (Fsp3) is 0.500. The molecule has 4 N–H and O–H groups in total. The normalized spacial score (nSPS) is 26.2. The van der Waals surface area contributed by atoms with E-state index >= 15 is 0 Å². The van der Waals surface area contributed by atoms with E-state index in [0.717, 1.165) is 6.07 Å². The first-order valence-corrected chi connectivity index (χ1v) is 12.8. The smallest absolute Gasteiger partial charge is 0.225 e. The summed E-state index contributed by atoms with van der Waals surface area (Å²) >= 11 is 12.2. The number of imidazole rings is 1. The van der Waals surface area contributed by atoms with E-state index in [1.54, 1.807) is 0 Å². The molecule has 1 saturated carbocycles. The van der Waals surface area contributed by atoms with E-state index in [0.29, 0.717) is 55.8 Å². The predicted molar refractivity (Wildman–Crippen MR) is 138 cm³/mol. The maximum atomic E-state index is 14.8. The molecule has 198 valence electrons. The number of amides is 1. The number of nitrogens with two attached hydrogens (primary N) is 1. The van der Waals surface area contributed by atoms with E-state index in [1.165, 1.54) is 12.3 Å². The molecule has 13 heteroatoms. The van der Waals surface area contributed by atoms with Crippen LogP contribution in [0.5, 0.6) is 0 Å². The molecular formula is C24H27Cl2F2N7O2. The summed E-state index contributed by atoms with van der Waals surface area (Å²) in [5, 5.41) is 6.33. The number of nitrogens with zero attached hydrogens (tertiary/aromatic N) is 4. The molecular weight excluding hydrogens is 527 g/mol. The number of rotatable bonds is 6. The van der Waals surface area contributed by atoms with Gasteiger partial charge in [0.15, 0.2) is 5.65 Å². The lowest BCUT2D eigenvalue weighted by Gasteiger charge is -2.35. The maximum Gasteiger partial charge on any atom is 0.225 e. The molecule has 0 radical (unpaired) electrons. The Morgan fingerprint density at radius 2 is 2.00 bits per heavy atom. The number of carbonyl (C=O) groups is 1. The van der Waals surface area contributed by atoms with Crippen LogP contribution in [0.15, 0.2) is 18.3 Å². The highest BCUT2D eigenvalue weighted by molar-refractivity contribution is 6.36. The minimum absolute atomic E-state index is 0.0139. The van der Waals surface area contributed by atoms with Gasteiger partial charge in [-0.3, -0.25) is 9.36 Å². The van der Waals surface area contributed by atoms with Crippen LogP contribution in [-0.4, -0.2) is 50.9 Å². The van der Waals surface area contributed by atoms with E-state index in [2.05, 4.69) is 25.6 Å². The number of hydrogen-bond donors (Lipinski definition) is 3. The number of alkyl halides is 1. The Labute approximate surface area is 222 Å². The maximum absolute atomic E-state index is 14.8. The molecule has 1 saturated heterocycles. The Hall–Kier alpha value is -2.76. The Kier molecular flexibility index (Phi) is 7.12. The van der Waals surface area contributed by atoms with E-state index < -0.39 is 23.4 Å². The molecule has 5 rings (SSSR count). The topological polar surface area (TPSA) is 120 Å². The third kappa shape index (κ3) is 5.17. The van der Waals surface area contributed by atoms with E-state index in [1.807, 2.05) is 11.5 Å². The number of primary amides is 1. The number of hydrogen-bond acceptors (Lipinski definition) is 7. The number of carbonyl (C=O) groups excluding carboxylic acids is 1. The van der Waals surface area contributed by atoms with Crippen molar-refractivity contribution in [3.05, 3.63) is 34.2 Å². The Bertz CT molecular complexity index is 1310. The van der Waals surface area contributed by atoms with Crippen molar-refractivity contribution in [3.63, 3.8) is 0 Å². The number of halogens is 4. The number of fused-ring (bicyclic) bond motifs is 1. The van der Waals surface area contributed by atoms with Crippen molar-refractivity contribution in [1.82, 2.24) is 19.5 Å². The molecule has 0 bridgehead atoms. The predicted octanol–water partition coefficient (Wildman–Crippen LogP) is 5.16. The Balaban J connectivity index is 1.54. The molecule has 1 amide bonds. The monoisotopic (exact) mass is 553 g/mol. The molecule has 2 aromatic heterocycles. The Morgan fingerprint density at radius 1 is 1.24 bits per heavy atom. The second kappa shape index (κ2) is 10.2. The SMILES string of the molecule is C[C@]1(C(N)=O)CC[C@@H](n2c(Nc3c(F)cc(Cl)cc3Cl)nc3cnc(N[C@@H]4CCOC[C@H]4F)nc32)CC1. The van der Waals surface area contributed by atoms with Gasteiger partial charge in [0, 0.05) is 23.1 Å². The number of benzene rings is 1. The van der Waals surface area contributed by atoms with E-state index in [-0.39, 0.29) is 40.2 Å². The van der Waals surface area contributed by atoms with Crippen molar-refractivity contribution in [1.29, 1.82) is 0 Å². The zero-order valence-corrected chi connectivity index (χ0v) is 21.6. The summed E-state index contributed by atoms with van der Waals surface area (Å²) in [6.45, 7) is 2.32. The van der Waals surface area contributed by atoms with Crippen LogP contribution in [0.4, 0.5) is 26.4 Å². The van der Waals surface area contributed by atoms with Gasteiger partial charge in [-0.2, -0.15) is 4.98 Å². The first-order valence-electron chi connectivity index (χ1n) is 12.1. The minimum atomic E-state index is -1.19. The van der Waals surface area contributed by atoms with Crippen molar-refractivity contribution < 1.29 is 18.3 Å². The van der Waals surface area contributed by atoms with Crippen LogP contribution in [-0.2, 0) is 9.53 Å². The van der Waals surface area contributed by atoms with Gasteiger partial charge in [-0.1, -0.05) is 30.1 Å². The summed E-state index contributed by atoms with van der Waals surface area (Å²) in [5.74, 6) is -0.404. The summed E-state index contributed by atoms with van der Waals surface area (Å²) in [6.07, 6.45) is 3.22. The highest BCUT2D eigenvalue weighted by Crippen LogP contribution is 2.43. The zero-order valence-electron chi connectivity index (χ0n) is 20.1. The van der Waals surface area contributed by atoms with Crippen LogP contribution in [0, 0.1) is 11.2 Å². The van der Waals surface area contributed by atoms with Gasteiger partial charge in [0.1, 0.15) is 17.5 Å². The van der Waals surface area contributed by atoms with Crippen LogP contribution in [0.25, 0.3) is 11.2 Å². The van der Waals surface area contributed by atoms with Crippen molar-refractivity contribution in [2.75, 3.05) is 23.8 Å². The average Bonchev–Trinajstić information content (AvgIpc) is 3.20. The largest absolute Gasteiger partial charge is 0.378 e. The molecule has 3 heterocycles. The first-order chi connectivity index (χ1) is 17.6. The number of nitrogens with one attached hydrogen (secondary N) is 2. The van der Waals surface area contributed by atoms with Crippen LogP contribution in [0.2, 0.25) is 10.0 Å². The van der Waals surface area contributed by atoms with Crippen LogP contribution in [0.3, 0.4) is 0 Å². The number of aromatic nitrogens is 4. The molecule has 3 aromatic rings. The molecule has 9 nitrogen and oxygen atoms in total. The molecule has 2 aliphatic rings. The lowest BCUT2D eigenvalue weighted by Crippen LogP contribution is -2.39. The van der Waals surface area contributed by atoms with Gasteiger partial charge in [-0.05, 0) is 44.2 Å². The molecule has 0 unspecified atom stereocenters. The molecule has 1 aliphatic carbocycles. The first kappa shape index (κ1) is 25.9. The summed E-state index contributed by atoms with van der Waals surface area (Å²) in [7, 11) is 0. The van der Waals surface area contributed by atoms with E-state index in [9.17, 15) is 13.6 Å². The van der Waals surface area contributed by atoms with Gasteiger partial charge in [0.25, 0.3) is 0 Å². The summed E-state index contributed by atoms with van der Waals surface area (Å²) in [5.41, 5.74) is 6.02. The lowest BCUT2D eigenvalue weighted by molar-refractivity contribution is -0.128. The molecule has 37 heavy (non-hydrogen) atoms. The summed E-state index contributed by atoms with van der Waals surface area (Å²) in [4.78, 5) is 25.6. The van der Waals surface area contributed by atoms with Crippen molar-refractivity contribution in [3.8, 4) is 0 Å². The standard InChI is InChI=1S/C24H27Cl2F2N7O2/c1-24(21(29)36)5-2-13(3-6-24)35-20-18(10-30-22(34-20)31-17-4-7-37-11-16(17)28)32-23(35)33-19-14(26)8-12(25)9-15(19)27/h8-10,13,16-17H,2-7,11H2,1H3,(H2,29,36)(H,32,33)(H,30,31,34)/t13-,16-,17-,24+/m1/s1. The molecule has 0 spiro atoms. The fourth-order valence-electron chi connectivity index (χ4n) is 4.94.